The number of benzene rings is 1. The summed E-state index contributed by atoms with van der Waals surface area (Å²) < 4.78 is 5.61. The first kappa shape index (κ1) is 9.60. The van der Waals surface area contributed by atoms with Gasteiger partial charge in [0.25, 0.3) is 0 Å². The predicted octanol–water partition coefficient (Wildman–Crippen LogP) is 4.21. The van der Waals surface area contributed by atoms with E-state index in [1.165, 1.54) is 5.56 Å². The van der Waals surface area contributed by atoms with Gasteiger partial charge < -0.3 is 4.42 Å². The maximum absolute atomic E-state index is 6.10. The van der Waals surface area contributed by atoms with Crippen LogP contribution in [0.5, 0.6) is 0 Å². The first-order valence-corrected chi connectivity index (χ1v) is 5.33. The maximum Gasteiger partial charge on any atom is 0.135 e. The van der Waals surface area contributed by atoms with Gasteiger partial charge in [0.2, 0.25) is 0 Å². The molecule has 0 spiro atoms. The highest BCUT2D eigenvalue weighted by Crippen LogP contribution is 2.27. The minimum absolute atomic E-state index is 0.803. The highest BCUT2D eigenvalue weighted by Gasteiger charge is 2.06. The number of hydrogen-bond acceptors (Lipinski definition) is 1. The first-order chi connectivity index (χ1) is 6.74. The lowest BCUT2D eigenvalue weighted by Gasteiger charge is -1.99. The number of rotatable bonds is 2. The lowest BCUT2D eigenvalue weighted by Crippen LogP contribution is -1.80. The fraction of sp³-hybridized carbons (Fsp3) is 0.333. The number of fused-ring (bicyclic) bond motifs is 1. The average Bonchev–Trinajstić information content (AvgIpc) is 2.58. The highest BCUT2D eigenvalue weighted by molar-refractivity contribution is 6.32. The van der Waals surface area contributed by atoms with Gasteiger partial charge in [-0.3, -0.25) is 0 Å². The zero-order valence-corrected chi connectivity index (χ0v) is 9.19. The van der Waals surface area contributed by atoms with E-state index < -0.39 is 0 Å². The van der Waals surface area contributed by atoms with E-state index in [-0.39, 0.29) is 0 Å². The predicted molar refractivity (Wildman–Crippen MR) is 60.0 cm³/mol. The second-order valence-corrected chi connectivity index (χ2v) is 3.81. The van der Waals surface area contributed by atoms with Crippen molar-refractivity contribution in [2.24, 2.45) is 0 Å². The van der Waals surface area contributed by atoms with Crippen molar-refractivity contribution in [3.8, 4) is 0 Å². The number of halogens is 1. The minimum atomic E-state index is 0.803. The van der Waals surface area contributed by atoms with Crippen molar-refractivity contribution in [1.82, 2.24) is 0 Å². The number of aryl methyl sites for hydroxylation is 2. The summed E-state index contributed by atoms with van der Waals surface area (Å²) in [7, 11) is 0. The molecule has 0 unspecified atom stereocenters. The van der Waals surface area contributed by atoms with Crippen LogP contribution in [-0.2, 0) is 12.8 Å². The van der Waals surface area contributed by atoms with Crippen LogP contribution in [0.2, 0.25) is 5.02 Å². The Morgan fingerprint density at radius 2 is 1.93 bits per heavy atom. The molecule has 0 radical (unpaired) electrons. The fourth-order valence-corrected chi connectivity index (χ4v) is 1.90. The minimum Gasteiger partial charge on any atom is -0.461 e. The van der Waals surface area contributed by atoms with Crippen LogP contribution in [0, 0.1) is 0 Å². The fourth-order valence-electron chi connectivity index (χ4n) is 1.61. The third-order valence-electron chi connectivity index (χ3n) is 2.47. The summed E-state index contributed by atoms with van der Waals surface area (Å²) in [5.74, 6) is 1.02. The standard InChI is InChI=1S/C12H13ClO/c1-3-8-5-9-6-10(4-2)14-12(9)7-11(8)13/h5-7H,3-4H2,1-2H3. The lowest BCUT2D eigenvalue weighted by atomic mass is 10.1. The van der Waals surface area contributed by atoms with Crippen LogP contribution in [0.1, 0.15) is 25.2 Å². The smallest absolute Gasteiger partial charge is 0.135 e. The van der Waals surface area contributed by atoms with Gasteiger partial charge in [-0.2, -0.15) is 0 Å². The van der Waals surface area contributed by atoms with E-state index >= 15 is 0 Å². The third-order valence-corrected chi connectivity index (χ3v) is 2.82. The summed E-state index contributed by atoms with van der Waals surface area (Å²) in [6.07, 6.45) is 1.88. The normalized spacial score (nSPS) is 11.1. The van der Waals surface area contributed by atoms with Gasteiger partial charge in [0, 0.05) is 22.9 Å². The molecule has 0 saturated heterocycles. The van der Waals surface area contributed by atoms with Gasteiger partial charge in [-0.05, 0) is 24.1 Å². The van der Waals surface area contributed by atoms with Gasteiger partial charge in [-0.25, -0.2) is 0 Å². The lowest BCUT2D eigenvalue weighted by molar-refractivity contribution is 0.557. The first-order valence-electron chi connectivity index (χ1n) is 4.95. The van der Waals surface area contributed by atoms with Crippen molar-refractivity contribution >= 4 is 22.6 Å². The Balaban J connectivity index is 2.64. The summed E-state index contributed by atoms with van der Waals surface area (Å²) in [5.41, 5.74) is 2.08. The summed E-state index contributed by atoms with van der Waals surface area (Å²) in [6.45, 7) is 4.19. The van der Waals surface area contributed by atoms with Crippen molar-refractivity contribution in [1.29, 1.82) is 0 Å². The molecule has 0 fully saturated rings. The molecule has 2 heteroatoms. The molecule has 0 aliphatic rings. The molecule has 2 aromatic rings. The van der Waals surface area contributed by atoms with Crippen LogP contribution < -0.4 is 0 Å². The topological polar surface area (TPSA) is 13.1 Å². The van der Waals surface area contributed by atoms with Crippen LogP contribution >= 0.6 is 11.6 Å². The van der Waals surface area contributed by atoms with Crippen molar-refractivity contribution in [3.05, 3.63) is 34.5 Å². The molecular weight excluding hydrogens is 196 g/mol. The molecule has 0 amide bonds. The number of furan rings is 1. The largest absolute Gasteiger partial charge is 0.461 e. The summed E-state index contributed by atoms with van der Waals surface area (Å²) in [5, 5.41) is 1.96. The quantitative estimate of drug-likeness (QED) is 0.721. The Morgan fingerprint density at radius 1 is 1.14 bits per heavy atom. The zero-order valence-electron chi connectivity index (χ0n) is 8.43. The Bertz CT molecular complexity index is 457. The molecular formula is C12H13ClO. The monoisotopic (exact) mass is 208 g/mol. The Labute approximate surface area is 88.7 Å². The van der Waals surface area contributed by atoms with E-state index in [0.29, 0.717) is 0 Å². The molecule has 0 aliphatic heterocycles. The molecule has 0 aliphatic carbocycles. The van der Waals surface area contributed by atoms with E-state index in [1.807, 2.05) is 6.07 Å². The van der Waals surface area contributed by atoms with Gasteiger partial charge in [0.1, 0.15) is 11.3 Å². The van der Waals surface area contributed by atoms with E-state index in [0.717, 1.165) is 34.6 Å². The molecule has 1 nitrogen and oxygen atoms in total. The maximum atomic E-state index is 6.10. The van der Waals surface area contributed by atoms with Crippen molar-refractivity contribution in [2.45, 2.75) is 26.7 Å². The van der Waals surface area contributed by atoms with E-state index in [9.17, 15) is 0 Å². The van der Waals surface area contributed by atoms with Crippen LogP contribution in [-0.4, -0.2) is 0 Å². The van der Waals surface area contributed by atoms with E-state index in [1.54, 1.807) is 0 Å². The summed E-state index contributed by atoms with van der Waals surface area (Å²) >= 11 is 6.10. The molecule has 0 bridgehead atoms. The Kier molecular flexibility index (Phi) is 2.51. The second kappa shape index (κ2) is 3.66. The average molecular weight is 209 g/mol. The van der Waals surface area contributed by atoms with Crippen LogP contribution in [0.25, 0.3) is 11.0 Å². The van der Waals surface area contributed by atoms with E-state index in [4.69, 9.17) is 16.0 Å². The molecule has 1 aromatic heterocycles. The van der Waals surface area contributed by atoms with Crippen LogP contribution in [0.3, 0.4) is 0 Å². The molecule has 0 atom stereocenters. The van der Waals surface area contributed by atoms with Gasteiger partial charge >= 0.3 is 0 Å². The molecule has 0 N–H and O–H groups in total. The zero-order chi connectivity index (χ0) is 10.1. The Hall–Kier alpha value is -0.950. The second-order valence-electron chi connectivity index (χ2n) is 3.40. The van der Waals surface area contributed by atoms with Gasteiger partial charge in [-0.15, -0.1) is 0 Å². The van der Waals surface area contributed by atoms with Crippen molar-refractivity contribution < 1.29 is 4.42 Å². The van der Waals surface area contributed by atoms with Crippen LogP contribution in [0.4, 0.5) is 0 Å². The summed E-state index contributed by atoms with van der Waals surface area (Å²) in [6, 6.07) is 6.11. The van der Waals surface area contributed by atoms with Crippen molar-refractivity contribution in [3.63, 3.8) is 0 Å². The Morgan fingerprint density at radius 3 is 2.57 bits per heavy atom. The van der Waals surface area contributed by atoms with Crippen molar-refractivity contribution in [2.75, 3.05) is 0 Å². The highest BCUT2D eigenvalue weighted by atomic mass is 35.5. The molecule has 2 rings (SSSR count). The van der Waals surface area contributed by atoms with Gasteiger partial charge in [-0.1, -0.05) is 25.4 Å². The molecule has 1 heterocycles. The SMILES string of the molecule is CCc1cc2cc(CC)c(Cl)cc2o1. The third kappa shape index (κ3) is 1.53. The molecule has 74 valence electrons. The van der Waals surface area contributed by atoms with Gasteiger partial charge in [0.05, 0.1) is 0 Å². The molecule has 14 heavy (non-hydrogen) atoms. The summed E-state index contributed by atoms with van der Waals surface area (Å²) in [4.78, 5) is 0. The van der Waals surface area contributed by atoms with E-state index in [2.05, 4.69) is 26.0 Å². The molecule has 0 saturated carbocycles. The van der Waals surface area contributed by atoms with Gasteiger partial charge in [0.15, 0.2) is 0 Å². The number of hydrogen-bond donors (Lipinski definition) is 0. The van der Waals surface area contributed by atoms with Crippen LogP contribution in [0.15, 0.2) is 22.6 Å². The molecule has 1 aromatic carbocycles.